The largest absolute Gasteiger partial charge is 0.331 e. The molecule has 1 atom stereocenters. The van der Waals surface area contributed by atoms with E-state index in [-0.39, 0.29) is 6.03 Å². The number of thiazole rings is 1. The van der Waals surface area contributed by atoms with Crippen molar-refractivity contribution in [3.8, 4) is 0 Å². The van der Waals surface area contributed by atoms with E-state index >= 15 is 0 Å². The van der Waals surface area contributed by atoms with Gasteiger partial charge in [0.05, 0.1) is 6.54 Å². The summed E-state index contributed by atoms with van der Waals surface area (Å²) in [4.78, 5) is 17.8. The summed E-state index contributed by atoms with van der Waals surface area (Å²) in [5.41, 5.74) is 0. The van der Waals surface area contributed by atoms with E-state index in [1.54, 1.807) is 17.5 Å². The zero-order chi connectivity index (χ0) is 11.4. The predicted molar refractivity (Wildman–Crippen MR) is 63.4 cm³/mol. The molecule has 0 spiro atoms. The van der Waals surface area contributed by atoms with E-state index in [9.17, 15) is 4.79 Å². The van der Waals surface area contributed by atoms with Crippen molar-refractivity contribution < 1.29 is 4.79 Å². The fourth-order valence-corrected chi connectivity index (χ4v) is 2.28. The number of rotatable bonds is 2. The second kappa shape index (κ2) is 5.27. The highest BCUT2D eigenvalue weighted by molar-refractivity contribution is 7.09. The SMILES string of the molecule is CC1CN(C(=O)NCc2nccs2)CCN1. The van der Waals surface area contributed by atoms with Crippen LogP contribution < -0.4 is 10.6 Å². The molecule has 2 heterocycles. The first-order valence-electron chi connectivity index (χ1n) is 5.40. The van der Waals surface area contributed by atoms with Crippen LogP contribution in [0.4, 0.5) is 4.79 Å². The summed E-state index contributed by atoms with van der Waals surface area (Å²) in [5, 5.41) is 9.04. The minimum Gasteiger partial charge on any atom is -0.331 e. The second-order valence-corrected chi connectivity index (χ2v) is 4.86. The molecule has 0 aromatic carbocycles. The first-order valence-corrected chi connectivity index (χ1v) is 6.28. The van der Waals surface area contributed by atoms with Gasteiger partial charge >= 0.3 is 6.03 Å². The summed E-state index contributed by atoms with van der Waals surface area (Å²) < 4.78 is 0. The van der Waals surface area contributed by atoms with Gasteiger partial charge in [-0.15, -0.1) is 11.3 Å². The molecule has 6 heteroatoms. The molecule has 1 aliphatic rings. The maximum atomic E-state index is 11.8. The first kappa shape index (κ1) is 11.3. The van der Waals surface area contributed by atoms with E-state index in [2.05, 4.69) is 22.5 Å². The first-order chi connectivity index (χ1) is 7.75. The van der Waals surface area contributed by atoms with Crippen molar-refractivity contribution >= 4 is 17.4 Å². The second-order valence-electron chi connectivity index (χ2n) is 3.89. The Balaban J connectivity index is 1.79. The van der Waals surface area contributed by atoms with Gasteiger partial charge in [-0.3, -0.25) is 0 Å². The topological polar surface area (TPSA) is 57.3 Å². The van der Waals surface area contributed by atoms with Crippen LogP contribution in [-0.2, 0) is 6.54 Å². The van der Waals surface area contributed by atoms with Crippen molar-refractivity contribution in [2.24, 2.45) is 0 Å². The number of carbonyl (C=O) groups excluding carboxylic acids is 1. The van der Waals surface area contributed by atoms with Gasteiger partial charge in [0.15, 0.2) is 0 Å². The van der Waals surface area contributed by atoms with Crippen LogP contribution in [0.25, 0.3) is 0 Å². The number of nitrogens with one attached hydrogen (secondary N) is 2. The molecule has 1 fully saturated rings. The molecular formula is C10H16N4OS. The van der Waals surface area contributed by atoms with Gasteiger partial charge in [0.1, 0.15) is 5.01 Å². The number of nitrogens with zero attached hydrogens (tertiary/aromatic N) is 2. The van der Waals surface area contributed by atoms with E-state index < -0.39 is 0 Å². The third-order valence-corrected chi connectivity index (χ3v) is 3.31. The summed E-state index contributed by atoms with van der Waals surface area (Å²) >= 11 is 1.56. The third kappa shape index (κ3) is 2.93. The van der Waals surface area contributed by atoms with Gasteiger partial charge < -0.3 is 15.5 Å². The summed E-state index contributed by atoms with van der Waals surface area (Å²) in [6, 6.07) is 0.378. The molecular weight excluding hydrogens is 224 g/mol. The van der Waals surface area contributed by atoms with E-state index in [0.29, 0.717) is 12.6 Å². The number of amides is 2. The highest BCUT2D eigenvalue weighted by Gasteiger charge is 2.19. The zero-order valence-corrected chi connectivity index (χ0v) is 10.1. The Morgan fingerprint density at radius 1 is 1.81 bits per heavy atom. The van der Waals surface area contributed by atoms with Crippen LogP contribution in [0, 0.1) is 0 Å². The Hall–Kier alpha value is -1.14. The molecule has 5 nitrogen and oxygen atoms in total. The maximum Gasteiger partial charge on any atom is 0.317 e. The molecule has 0 aliphatic carbocycles. The van der Waals surface area contributed by atoms with Crippen LogP contribution in [0.1, 0.15) is 11.9 Å². The van der Waals surface area contributed by atoms with Gasteiger partial charge in [-0.2, -0.15) is 0 Å². The van der Waals surface area contributed by atoms with Gasteiger partial charge in [-0.25, -0.2) is 9.78 Å². The standard InChI is InChI=1S/C10H16N4OS/c1-8-7-14(4-2-11-8)10(15)13-6-9-12-3-5-16-9/h3,5,8,11H,2,4,6-7H2,1H3,(H,13,15). The Bertz CT molecular complexity index is 341. The molecule has 2 amide bonds. The highest BCUT2D eigenvalue weighted by Crippen LogP contribution is 2.04. The van der Waals surface area contributed by atoms with E-state index in [4.69, 9.17) is 0 Å². The van der Waals surface area contributed by atoms with E-state index in [1.165, 1.54) is 0 Å². The zero-order valence-electron chi connectivity index (χ0n) is 9.27. The third-order valence-electron chi connectivity index (χ3n) is 2.53. The van der Waals surface area contributed by atoms with E-state index in [0.717, 1.165) is 24.6 Å². The van der Waals surface area contributed by atoms with Crippen molar-refractivity contribution in [1.29, 1.82) is 0 Å². The molecule has 1 aliphatic heterocycles. The number of hydrogen-bond donors (Lipinski definition) is 2. The maximum absolute atomic E-state index is 11.8. The normalized spacial score (nSPS) is 20.8. The van der Waals surface area contributed by atoms with Crippen LogP contribution in [0.3, 0.4) is 0 Å². The lowest BCUT2D eigenvalue weighted by Crippen LogP contribution is -2.53. The fraction of sp³-hybridized carbons (Fsp3) is 0.600. The Morgan fingerprint density at radius 3 is 3.38 bits per heavy atom. The lowest BCUT2D eigenvalue weighted by atomic mass is 10.2. The van der Waals surface area contributed by atoms with Crippen molar-refractivity contribution in [1.82, 2.24) is 20.5 Å². The molecule has 1 unspecified atom stereocenters. The molecule has 0 radical (unpaired) electrons. The lowest BCUT2D eigenvalue weighted by Gasteiger charge is -2.31. The molecule has 2 N–H and O–H groups in total. The molecule has 16 heavy (non-hydrogen) atoms. The Morgan fingerprint density at radius 2 is 2.69 bits per heavy atom. The van der Waals surface area contributed by atoms with Crippen LogP contribution in [0.5, 0.6) is 0 Å². The van der Waals surface area contributed by atoms with Crippen LogP contribution in [0.15, 0.2) is 11.6 Å². The average Bonchev–Trinajstić information content (AvgIpc) is 2.78. The molecule has 0 saturated carbocycles. The van der Waals surface area contributed by atoms with Crippen LogP contribution in [0.2, 0.25) is 0 Å². The number of hydrogen-bond acceptors (Lipinski definition) is 4. The smallest absolute Gasteiger partial charge is 0.317 e. The molecule has 1 aromatic rings. The molecule has 88 valence electrons. The molecule has 1 saturated heterocycles. The molecule has 1 aromatic heterocycles. The summed E-state index contributed by atoms with van der Waals surface area (Å²) in [6.07, 6.45) is 1.75. The van der Waals surface area contributed by atoms with Crippen LogP contribution >= 0.6 is 11.3 Å². The molecule has 0 bridgehead atoms. The average molecular weight is 240 g/mol. The highest BCUT2D eigenvalue weighted by atomic mass is 32.1. The van der Waals surface area contributed by atoms with Crippen molar-refractivity contribution in [3.63, 3.8) is 0 Å². The van der Waals surface area contributed by atoms with Crippen molar-refractivity contribution in [2.75, 3.05) is 19.6 Å². The number of carbonyl (C=O) groups is 1. The van der Waals surface area contributed by atoms with Crippen LogP contribution in [-0.4, -0.2) is 41.6 Å². The quantitative estimate of drug-likeness (QED) is 0.798. The minimum absolute atomic E-state index is 0.00329. The van der Waals surface area contributed by atoms with Gasteiger partial charge in [-0.1, -0.05) is 0 Å². The number of piperazine rings is 1. The van der Waals surface area contributed by atoms with Gasteiger partial charge in [0.25, 0.3) is 0 Å². The van der Waals surface area contributed by atoms with Crippen molar-refractivity contribution in [2.45, 2.75) is 19.5 Å². The lowest BCUT2D eigenvalue weighted by molar-refractivity contribution is 0.179. The Labute approximate surface area is 98.9 Å². The Kier molecular flexibility index (Phi) is 3.74. The summed E-state index contributed by atoms with van der Waals surface area (Å²) in [7, 11) is 0. The number of urea groups is 1. The minimum atomic E-state index is 0.00329. The number of aromatic nitrogens is 1. The monoisotopic (exact) mass is 240 g/mol. The van der Waals surface area contributed by atoms with E-state index in [1.807, 2.05) is 10.3 Å². The summed E-state index contributed by atoms with van der Waals surface area (Å²) in [6.45, 7) is 5.01. The van der Waals surface area contributed by atoms with Gasteiger partial charge in [0.2, 0.25) is 0 Å². The van der Waals surface area contributed by atoms with Gasteiger partial charge in [-0.05, 0) is 6.92 Å². The van der Waals surface area contributed by atoms with Crippen molar-refractivity contribution in [3.05, 3.63) is 16.6 Å². The summed E-state index contributed by atoms with van der Waals surface area (Å²) in [5.74, 6) is 0. The fourth-order valence-electron chi connectivity index (χ4n) is 1.72. The molecule has 2 rings (SSSR count). The predicted octanol–water partition coefficient (Wildman–Crippen LogP) is 0.646. The van der Waals surface area contributed by atoms with Gasteiger partial charge in [0, 0.05) is 37.3 Å².